The van der Waals surface area contributed by atoms with Gasteiger partial charge in [0.15, 0.2) is 5.75 Å². The molecule has 0 aliphatic carbocycles. The minimum atomic E-state index is -0.471. The Morgan fingerprint density at radius 2 is 1.90 bits per heavy atom. The predicted octanol–water partition coefficient (Wildman–Crippen LogP) is 3.41. The average molecular weight is 271 g/mol. The zero-order valence-corrected chi connectivity index (χ0v) is 11.6. The second kappa shape index (κ2) is 6.10. The number of rotatable bonds is 4. The summed E-state index contributed by atoms with van der Waals surface area (Å²) in [5.41, 5.74) is 7.69. The molecule has 104 valence electrons. The Hall–Kier alpha value is -2.49. The van der Waals surface area contributed by atoms with E-state index in [1.54, 1.807) is 18.2 Å². The number of carbonyl (C=O) groups is 1. The first-order chi connectivity index (χ1) is 9.67. The standard InChI is InChI=1S/C16H17NO3/c1-3-11-7-4-5-10-14(11)20-15-12(16(18)19-2)8-6-9-13(15)17/h4-10H,3,17H2,1-2H3. The number of benzene rings is 2. The summed E-state index contributed by atoms with van der Waals surface area (Å²) in [7, 11) is 1.33. The largest absolute Gasteiger partial charge is 0.465 e. The first-order valence-electron chi connectivity index (χ1n) is 6.40. The van der Waals surface area contributed by atoms with Crippen LogP contribution in [0.25, 0.3) is 0 Å². The van der Waals surface area contributed by atoms with Gasteiger partial charge in [-0.05, 0) is 30.2 Å². The monoisotopic (exact) mass is 271 g/mol. The predicted molar refractivity (Wildman–Crippen MR) is 78.1 cm³/mol. The van der Waals surface area contributed by atoms with Crippen LogP contribution in [-0.2, 0) is 11.2 Å². The lowest BCUT2D eigenvalue weighted by Gasteiger charge is -2.14. The first-order valence-corrected chi connectivity index (χ1v) is 6.40. The lowest BCUT2D eigenvalue weighted by atomic mass is 10.1. The number of para-hydroxylation sites is 2. The van der Waals surface area contributed by atoms with Crippen LogP contribution in [-0.4, -0.2) is 13.1 Å². The number of aryl methyl sites for hydroxylation is 1. The number of hydrogen-bond donors (Lipinski definition) is 1. The van der Waals surface area contributed by atoms with Crippen molar-refractivity contribution in [2.45, 2.75) is 13.3 Å². The summed E-state index contributed by atoms with van der Waals surface area (Å²) in [6, 6.07) is 12.7. The van der Waals surface area contributed by atoms with Gasteiger partial charge in [-0.25, -0.2) is 4.79 Å². The van der Waals surface area contributed by atoms with Crippen LogP contribution in [0.1, 0.15) is 22.8 Å². The van der Waals surface area contributed by atoms with Gasteiger partial charge in [0.2, 0.25) is 0 Å². The minimum absolute atomic E-state index is 0.318. The maximum absolute atomic E-state index is 11.8. The highest BCUT2D eigenvalue weighted by atomic mass is 16.5. The fourth-order valence-corrected chi connectivity index (χ4v) is 1.94. The van der Waals surface area contributed by atoms with E-state index in [-0.39, 0.29) is 0 Å². The molecule has 0 saturated heterocycles. The molecule has 2 N–H and O–H groups in total. The van der Waals surface area contributed by atoms with Crippen molar-refractivity contribution in [1.29, 1.82) is 0 Å². The Bertz CT molecular complexity index is 623. The number of esters is 1. The highest BCUT2D eigenvalue weighted by Gasteiger charge is 2.17. The fraction of sp³-hybridized carbons (Fsp3) is 0.188. The number of nitrogen functional groups attached to an aromatic ring is 1. The zero-order chi connectivity index (χ0) is 14.5. The third-order valence-corrected chi connectivity index (χ3v) is 3.02. The van der Waals surface area contributed by atoms with Gasteiger partial charge in [0.1, 0.15) is 11.3 Å². The molecule has 0 unspecified atom stereocenters. The molecule has 20 heavy (non-hydrogen) atoms. The molecule has 0 aromatic heterocycles. The first kappa shape index (κ1) is 13.9. The van der Waals surface area contributed by atoms with Crippen molar-refractivity contribution < 1.29 is 14.3 Å². The maximum Gasteiger partial charge on any atom is 0.341 e. The minimum Gasteiger partial charge on any atom is -0.465 e. The Morgan fingerprint density at radius 3 is 2.60 bits per heavy atom. The summed E-state index contributed by atoms with van der Waals surface area (Å²) < 4.78 is 10.6. The lowest BCUT2D eigenvalue weighted by molar-refractivity contribution is 0.0598. The highest BCUT2D eigenvalue weighted by molar-refractivity contribution is 5.94. The second-order valence-corrected chi connectivity index (χ2v) is 4.28. The molecule has 0 heterocycles. The van der Waals surface area contributed by atoms with Gasteiger partial charge in [-0.1, -0.05) is 31.2 Å². The molecule has 0 atom stereocenters. The molecule has 0 radical (unpaired) electrons. The smallest absolute Gasteiger partial charge is 0.341 e. The van der Waals surface area contributed by atoms with Gasteiger partial charge < -0.3 is 15.2 Å². The molecule has 0 fully saturated rings. The van der Waals surface area contributed by atoms with Gasteiger partial charge >= 0.3 is 5.97 Å². The number of nitrogens with two attached hydrogens (primary N) is 1. The molecule has 0 bridgehead atoms. The molecular formula is C16H17NO3. The van der Waals surface area contributed by atoms with Crippen molar-refractivity contribution >= 4 is 11.7 Å². The summed E-state index contributed by atoms with van der Waals surface area (Å²) in [4.78, 5) is 11.8. The van der Waals surface area contributed by atoms with E-state index in [2.05, 4.69) is 0 Å². The van der Waals surface area contributed by atoms with Gasteiger partial charge in [0.05, 0.1) is 12.8 Å². The van der Waals surface area contributed by atoms with Crippen LogP contribution in [0.4, 0.5) is 5.69 Å². The molecular weight excluding hydrogens is 254 g/mol. The van der Waals surface area contributed by atoms with Gasteiger partial charge in [-0.2, -0.15) is 0 Å². The Balaban J connectivity index is 2.45. The van der Waals surface area contributed by atoms with Crippen LogP contribution < -0.4 is 10.5 Å². The third kappa shape index (κ3) is 2.74. The molecule has 0 saturated carbocycles. The molecule has 4 heteroatoms. The van der Waals surface area contributed by atoms with Crippen molar-refractivity contribution in [2.24, 2.45) is 0 Å². The van der Waals surface area contributed by atoms with Crippen LogP contribution in [0.2, 0.25) is 0 Å². The van der Waals surface area contributed by atoms with Crippen LogP contribution in [0.15, 0.2) is 42.5 Å². The highest BCUT2D eigenvalue weighted by Crippen LogP contribution is 2.33. The molecule has 2 aromatic carbocycles. The summed E-state index contributed by atoms with van der Waals surface area (Å²) in [5, 5.41) is 0. The molecule has 2 rings (SSSR count). The molecule has 2 aromatic rings. The topological polar surface area (TPSA) is 61.5 Å². The van der Waals surface area contributed by atoms with Crippen molar-refractivity contribution in [3.8, 4) is 11.5 Å². The Morgan fingerprint density at radius 1 is 1.15 bits per heavy atom. The average Bonchev–Trinajstić information content (AvgIpc) is 2.49. The Labute approximate surface area is 118 Å². The van der Waals surface area contributed by atoms with Crippen molar-refractivity contribution in [3.63, 3.8) is 0 Å². The van der Waals surface area contributed by atoms with Crippen LogP contribution in [0.5, 0.6) is 11.5 Å². The molecule has 4 nitrogen and oxygen atoms in total. The van der Waals surface area contributed by atoms with Crippen LogP contribution in [0.3, 0.4) is 0 Å². The number of anilines is 1. The van der Waals surface area contributed by atoms with E-state index in [1.165, 1.54) is 7.11 Å². The summed E-state index contributed by atoms with van der Waals surface area (Å²) in [6.07, 6.45) is 0.830. The van der Waals surface area contributed by atoms with Crippen molar-refractivity contribution in [1.82, 2.24) is 0 Å². The fourth-order valence-electron chi connectivity index (χ4n) is 1.94. The summed E-state index contributed by atoms with van der Waals surface area (Å²) >= 11 is 0. The molecule has 0 spiro atoms. The summed E-state index contributed by atoms with van der Waals surface area (Å²) in [5.74, 6) is 0.555. The van der Waals surface area contributed by atoms with Gasteiger partial charge in [-0.3, -0.25) is 0 Å². The van der Waals surface area contributed by atoms with Crippen molar-refractivity contribution in [2.75, 3.05) is 12.8 Å². The number of methoxy groups -OCH3 is 1. The third-order valence-electron chi connectivity index (χ3n) is 3.02. The van der Waals surface area contributed by atoms with Gasteiger partial charge in [0.25, 0.3) is 0 Å². The Kier molecular flexibility index (Phi) is 4.25. The zero-order valence-electron chi connectivity index (χ0n) is 11.6. The van der Waals surface area contributed by atoms with Gasteiger partial charge in [0, 0.05) is 0 Å². The lowest BCUT2D eigenvalue weighted by Crippen LogP contribution is -2.06. The van der Waals surface area contributed by atoms with E-state index in [4.69, 9.17) is 15.2 Å². The number of ether oxygens (including phenoxy) is 2. The second-order valence-electron chi connectivity index (χ2n) is 4.28. The van der Waals surface area contributed by atoms with E-state index < -0.39 is 5.97 Å². The quantitative estimate of drug-likeness (QED) is 0.683. The summed E-state index contributed by atoms with van der Waals surface area (Å²) in [6.45, 7) is 2.04. The van der Waals surface area contributed by atoms with Crippen LogP contribution >= 0.6 is 0 Å². The van der Waals surface area contributed by atoms with Crippen molar-refractivity contribution in [3.05, 3.63) is 53.6 Å². The number of hydrogen-bond acceptors (Lipinski definition) is 4. The van der Waals surface area contributed by atoms with E-state index in [9.17, 15) is 4.79 Å². The van der Waals surface area contributed by atoms with Gasteiger partial charge in [-0.15, -0.1) is 0 Å². The number of carbonyl (C=O) groups excluding carboxylic acids is 1. The van der Waals surface area contributed by atoms with E-state index in [0.29, 0.717) is 22.7 Å². The van der Waals surface area contributed by atoms with E-state index in [0.717, 1.165) is 12.0 Å². The molecule has 0 aliphatic heterocycles. The maximum atomic E-state index is 11.8. The van der Waals surface area contributed by atoms with Crippen LogP contribution in [0, 0.1) is 0 Å². The SMILES string of the molecule is CCc1ccccc1Oc1c(N)cccc1C(=O)OC. The molecule has 0 amide bonds. The molecule has 0 aliphatic rings. The normalized spacial score (nSPS) is 10.1. The van der Waals surface area contributed by atoms with E-state index in [1.807, 2.05) is 31.2 Å². The van der Waals surface area contributed by atoms with E-state index >= 15 is 0 Å².